The van der Waals surface area contributed by atoms with Gasteiger partial charge >= 0.3 is 5.97 Å². The summed E-state index contributed by atoms with van der Waals surface area (Å²) in [6.45, 7) is 0. The average Bonchev–Trinajstić information content (AvgIpc) is 2.39. The minimum absolute atomic E-state index is 0.257. The van der Waals surface area contributed by atoms with E-state index >= 15 is 0 Å². The van der Waals surface area contributed by atoms with Crippen molar-refractivity contribution in [2.24, 2.45) is 0 Å². The van der Waals surface area contributed by atoms with Crippen molar-refractivity contribution in [1.29, 1.82) is 0 Å². The predicted octanol–water partition coefficient (Wildman–Crippen LogP) is 2.64. The highest BCUT2D eigenvalue weighted by molar-refractivity contribution is 7.98. The van der Waals surface area contributed by atoms with E-state index in [1.54, 1.807) is 24.3 Å². The molecule has 0 aliphatic carbocycles. The Bertz CT molecular complexity index is 558. The van der Waals surface area contributed by atoms with Gasteiger partial charge in [-0.25, -0.2) is 14.8 Å². The Kier molecular flexibility index (Phi) is 3.78. The van der Waals surface area contributed by atoms with Crippen molar-refractivity contribution in [3.63, 3.8) is 0 Å². The monoisotopic (exact) mass is 261 g/mol. The largest absolute Gasteiger partial charge is 0.478 e. The minimum atomic E-state index is -0.937. The molecule has 2 aromatic rings. The summed E-state index contributed by atoms with van der Waals surface area (Å²) >= 11 is 1.53. The van der Waals surface area contributed by atoms with Gasteiger partial charge in [-0.05, 0) is 30.5 Å². The molecule has 0 unspecified atom stereocenters. The SMILES string of the molecule is CSc1cc(Nc2ccc(C(=O)O)cc2)ncn1. The second-order valence-corrected chi connectivity index (χ2v) is 4.28. The van der Waals surface area contributed by atoms with E-state index in [0.29, 0.717) is 5.82 Å². The van der Waals surface area contributed by atoms with Crippen molar-refractivity contribution < 1.29 is 9.90 Å². The zero-order chi connectivity index (χ0) is 13.0. The maximum Gasteiger partial charge on any atom is 0.335 e. The van der Waals surface area contributed by atoms with Crippen LogP contribution in [0.5, 0.6) is 0 Å². The number of carboxylic acid groups (broad SMARTS) is 1. The van der Waals surface area contributed by atoms with E-state index in [1.165, 1.54) is 18.1 Å². The Labute approximate surface area is 108 Å². The molecule has 6 heteroatoms. The number of nitrogens with one attached hydrogen (secondary N) is 1. The van der Waals surface area contributed by atoms with Crippen molar-refractivity contribution >= 4 is 29.2 Å². The number of nitrogens with zero attached hydrogens (tertiary/aromatic N) is 2. The molecular formula is C12H11N3O2S. The normalized spacial score (nSPS) is 10.1. The first-order valence-corrected chi connectivity index (χ1v) is 6.38. The Morgan fingerprint density at radius 3 is 2.61 bits per heavy atom. The highest BCUT2D eigenvalue weighted by Crippen LogP contribution is 2.18. The first kappa shape index (κ1) is 12.4. The van der Waals surface area contributed by atoms with Crippen molar-refractivity contribution in [2.45, 2.75) is 5.03 Å². The van der Waals surface area contributed by atoms with Crippen molar-refractivity contribution in [1.82, 2.24) is 9.97 Å². The maximum absolute atomic E-state index is 10.7. The number of rotatable bonds is 4. The Morgan fingerprint density at radius 2 is 2.00 bits per heavy atom. The highest BCUT2D eigenvalue weighted by Gasteiger charge is 2.02. The van der Waals surface area contributed by atoms with E-state index in [2.05, 4.69) is 15.3 Å². The number of anilines is 2. The maximum atomic E-state index is 10.7. The fourth-order valence-electron chi connectivity index (χ4n) is 1.36. The lowest BCUT2D eigenvalue weighted by atomic mass is 10.2. The van der Waals surface area contributed by atoms with Gasteiger partial charge in [0.2, 0.25) is 0 Å². The van der Waals surface area contributed by atoms with Gasteiger partial charge in [-0.15, -0.1) is 11.8 Å². The molecule has 0 radical (unpaired) electrons. The van der Waals surface area contributed by atoms with Crippen LogP contribution in [0.15, 0.2) is 41.7 Å². The molecule has 0 amide bonds. The van der Waals surface area contributed by atoms with Gasteiger partial charge in [-0.1, -0.05) is 0 Å². The Hall–Kier alpha value is -2.08. The molecule has 1 aromatic heterocycles. The van der Waals surface area contributed by atoms with Crippen LogP contribution in [0.3, 0.4) is 0 Å². The predicted molar refractivity (Wildman–Crippen MR) is 70.5 cm³/mol. The molecule has 2 N–H and O–H groups in total. The molecule has 0 fully saturated rings. The van der Waals surface area contributed by atoms with Gasteiger partial charge in [0.1, 0.15) is 17.2 Å². The zero-order valence-electron chi connectivity index (χ0n) is 9.62. The fourth-order valence-corrected chi connectivity index (χ4v) is 1.75. The standard InChI is InChI=1S/C12H11N3O2S/c1-18-11-6-10(13-7-14-11)15-9-4-2-8(3-5-9)12(16)17/h2-7H,1H3,(H,16,17)(H,13,14,15). The van der Waals surface area contributed by atoms with Crippen LogP contribution in [-0.2, 0) is 0 Å². The molecule has 1 heterocycles. The van der Waals surface area contributed by atoms with E-state index in [-0.39, 0.29) is 5.56 Å². The summed E-state index contributed by atoms with van der Waals surface area (Å²) in [5.41, 5.74) is 1.04. The molecule has 92 valence electrons. The summed E-state index contributed by atoms with van der Waals surface area (Å²) in [6, 6.07) is 8.31. The number of carbonyl (C=O) groups is 1. The molecule has 0 spiro atoms. The Morgan fingerprint density at radius 1 is 1.28 bits per heavy atom. The number of hydrogen-bond donors (Lipinski definition) is 2. The fraction of sp³-hybridized carbons (Fsp3) is 0.0833. The van der Waals surface area contributed by atoms with Gasteiger partial charge in [0.15, 0.2) is 0 Å². The molecule has 0 saturated carbocycles. The highest BCUT2D eigenvalue weighted by atomic mass is 32.2. The summed E-state index contributed by atoms with van der Waals surface area (Å²) in [5.74, 6) is -0.259. The van der Waals surface area contributed by atoms with Gasteiger partial charge in [0, 0.05) is 11.8 Å². The van der Waals surface area contributed by atoms with Crippen LogP contribution in [0.4, 0.5) is 11.5 Å². The third-order valence-corrected chi connectivity index (χ3v) is 2.90. The molecule has 0 atom stereocenters. The topological polar surface area (TPSA) is 75.1 Å². The molecule has 0 aliphatic rings. The van der Waals surface area contributed by atoms with E-state index in [9.17, 15) is 4.79 Å². The molecule has 0 bridgehead atoms. The molecule has 1 aromatic carbocycles. The number of aromatic carboxylic acids is 1. The van der Waals surface area contributed by atoms with E-state index in [1.807, 2.05) is 12.3 Å². The number of thioether (sulfide) groups is 1. The van der Waals surface area contributed by atoms with E-state index in [0.717, 1.165) is 10.7 Å². The van der Waals surface area contributed by atoms with Crippen LogP contribution in [0, 0.1) is 0 Å². The lowest BCUT2D eigenvalue weighted by molar-refractivity contribution is 0.0697. The summed E-state index contributed by atoms with van der Waals surface area (Å²) < 4.78 is 0. The second-order valence-electron chi connectivity index (χ2n) is 3.45. The van der Waals surface area contributed by atoms with Crippen LogP contribution in [0.1, 0.15) is 10.4 Å². The first-order chi connectivity index (χ1) is 8.69. The Balaban J connectivity index is 2.15. The summed E-state index contributed by atoms with van der Waals surface area (Å²) in [6.07, 6.45) is 3.42. The summed E-state index contributed by atoms with van der Waals surface area (Å²) in [4.78, 5) is 18.9. The van der Waals surface area contributed by atoms with Crippen molar-refractivity contribution in [3.8, 4) is 0 Å². The molecular weight excluding hydrogens is 250 g/mol. The van der Waals surface area contributed by atoms with Crippen molar-refractivity contribution in [3.05, 3.63) is 42.2 Å². The van der Waals surface area contributed by atoms with Gasteiger partial charge < -0.3 is 10.4 Å². The molecule has 5 nitrogen and oxygen atoms in total. The van der Waals surface area contributed by atoms with Crippen LogP contribution in [0.25, 0.3) is 0 Å². The van der Waals surface area contributed by atoms with E-state index in [4.69, 9.17) is 5.11 Å². The molecule has 2 rings (SSSR count). The zero-order valence-corrected chi connectivity index (χ0v) is 10.4. The molecule has 18 heavy (non-hydrogen) atoms. The van der Waals surface area contributed by atoms with Gasteiger partial charge in [0.05, 0.1) is 5.56 Å². The second kappa shape index (κ2) is 5.50. The smallest absolute Gasteiger partial charge is 0.335 e. The lowest BCUT2D eigenvalue weighted by Gasteiger charge is -2.06. The van der Waals surface area contributed by atoms with Gasteiger partial charge in [0.25, 0.3) is 0 Å². The quantitative estimate of drug-likeness (QED) is 0.651. The van der Waals surface area contributed by atoms with Crippen LogP contribution < -0.4 is 5.32 Å². The van der Waals surface area contributed by atoms with Gasteiger partial charge in [-0.2, -0.15) is 0 Å². The number of aromatic nitrogens is 2. The van der Waals surface area contributed by atoms with E-state index < -0.39 is 5.97 Å². The molecule has 0 aliphatic heterocycles. The number of benzene rings is 1. The van der Waals surface area contributed by atoms with Gasteiger partial charge in [-0.3, -0.25) is 0 Å². The lowest BCUT2D eigenvalue weighted by Crippen LogP contribution is -1.98. The van der Waals surface area contributed by atoms with Crippen LogP contribution in [-0.4, -0.2) is 27.3 Å². The summed E-state index contributed by atoms with van der Waals surface area (Å²) in [7, 11) is 0. The third kappa shape index (κ3) is 2.98. The summed E-state index contributed by atoms with van der Waals surface area (Å²) in [5, 5.41) is 12.7. The first-order valence-electron chi connectivity index (χ1n) is 5.15. The molecule has 0 saturated heterocycles. The van der Waals surface area contributed by atoms with Crippen LogP contribution >= 0.6 is 11.8 Å². The van der Waals surface area contributed by atoms with Crippen LogP contribution in [0.2, 0.25) is 0 Å². The number of hydrogen-bond acceptors (Lipinski definition) is 5. The minimum Gasteiger partial charge on any atom is -0.478 e. The number of carboxylic acids is 1. The average molecular weight is 261 g/mol. The third-order valence-electron chi connectivity index (χ3n) is 2.26. The van der Waals surface area contributed by atoms with Crippen molar-refractivity contribution in [2.75, 3.05) is 11.6 Å².